The first-order valence-electron chi connectivity index (χ1n) is 7.29. The zero-order chi connectivity index (χ0) is 15.2. The molecule has 0 fully saturated rings. The van der Waals surface area contributed by atoms with E-state index in [1.807, 2.05) is 0 Å². The van der Waals surface area contributed by atoms with E-state index in [4.69, 9.17) is 5.11 Å². The topological polar surface area (TPSA) is 49.3 Å². The zero-order valence-corrected chi connectivity index (χ0v) is 13.1. The highest BCUT2D eigenvalue weighted by atomic mass is 16.4. The van der Waals surface area contributed by atoms with Crippen molar-refractivity contribution in [2.24, 2.45) is 5.41 Å². The van der Waals surface area contributed by atoms with E-state index >= 15 is 0 Å². The Balaban J connectivity index is 2.30. The Hall–Kier alpha value is -1.35. The van der Waals surface area contributed by atoms with Crippen LogP contribution in [0.2, 0.25) is 0 Å². The summed E-state index contributed by atoms with van der Waals surface area (Å²) in [6, 6.07) is 6.53. The lowest BCUT2D eigenvalue weighted by Crippen LogP contribution is -2.23. The van der Waals surface area contributed by atoms with Gasteiger partial charge in [-0.3, -0.25) is 4.79 Å². The number of hydrogen-bond acceptors (Lipinski definition) is 2. The van der Waals surface area contributed by atoms with Crippen LogP contribution in [0.15, 0.2) is 18.2 Å². The summed E-state index contributed by atoms with van der Waals surface area (Å²) >= 11 is 0. The maximum Gasteiger partial charge on any atom is 0.303 e. The molecular weight excluding hydrogens is 250 g/mol. The van der Waals surface area contributed by atoms with E-state index in [1.165, 1.54) is 16.7 Å². The number of benzene rings is 1. The van der Waals surface area contributed by atoms with Crippen LogP contribution in [0.25, 0.3) is 0 Å². The van der Waals surface area contributed by atoms with Gasteiger partial charge < -0.3 is 10.4 Å². The molecule has 0 amide bonds. The number of carboxylic acid groups (broad SMARTS) is 1. The monoisotopic (exact) mass is 277 g/mol. The fourth-order valence-corrected chi connectivity index (χ4v) is 2.14. The number of carbonyl (C=O) groups is 1. The van der Waals surface area contributed by atoms with E-state index in [9.17, 15) is 4.79 Å². The van der Waals surface area contributed by atoms with Crippen LogP contribution < -0.4 is 5.32 Å². The first-order chi connectivity index (χ1) is 9.30. The predicted octanol–water partition coefficient (Wildman–Crippen LogP) is 3.67. The molecule has 0 heterocycles. The third-order valence-corrected chi connectivity index (χ3v) is 3.89. The summed E-state index contributed by atoms with van der Waals surface area (Å²) in [4.78, 5) is 10.6. The molecule has 112 valence electrons. The molecule has 20 heavy (non-hydrogen) atoms. The van der Waals surface area contributed by atoms with E-state index in [0.29, 0.717) is 0 Å². The van der Waals surface area contributed by atoms with Crippen LogP contribution in [0, 0.1) is 19.3 Å². The van der Waals surface area contributed by atoms with Gasteiger partial charge in [-0.2, -0.15) is 0 Å². The zero-order valence-electron chi connectivity index (χ0n) is 13.1. The molecule has 0 spiro atoms. The van der Waals surface area contributed by atoms with Crippen LogP contribution in [-0.2, 0) is 11.3 Å². The number of aliphatic carboxylic acids is 1. The molecule has 2 N–H and O–H groups in total. The first-order valence-corrected chi connectivity index (χ1v) is 7.29. The molecule has 1 aromatic carbocycles. The van der Waals surface area contributed by atoms with Gasteiger partial charge in [0, 0.05) is 13.0 Å². The fraction of sp³-hybridized carbons (Fsp3) is 0.588. The van der Waals surface area contributed by atoms with Crippen LogP contribution >= 0.6 is 0 Å². The average molecular weight is 277 g/mol. The standard InChI is InChI=1S/C17H27NO2/c1-13-5-6-15(11-14(13)2)12-18-10-9-17(3,4)8-7-16(19)20/h5-6,11,18H,7-10,12H2,1-4H3,(H,19,20). The highest BCUT2D eigenvalue weighted by Gasteiger charge is 2.18. The lowest BCUT2D eigenvalue weighted by atomic mass is 9.84. The minimum absolute atomic E-state index is 0.0780. The van der Waals surface area contributed by atoms with E-state index in [1.54, 1.807) is 0 Å². The molecule has 0 aliphatic rings. The second-order valence-electron chi connectivity index (χ2n) is 6.40. The first kappa shape index (κ1) is 16.7. The van der Waals surface area contributed by atoms with Crippen molar-refractivity contribution in [3.63, 3.8) is 0 Å². The van der Waals surface area contributed by atoms with Crippen LogP contribution in [0.3, 0.4) is 0 Å². The normalized spacial score (nSPS) is 11.6. The van der Waals surface area contributed by atoms with Gasteiger partial charge in [-0.05, 0) is 55.3 Å². The predicted molar refractivity (Wildman–Crippen MR) is 82.9 cm³/mol. The van der Waals surface area contributed by atoms with E-state index < -0.39 is 5.97 Å². The lowest BCUT2D eigenvalue weighted by Gasteiger charge is -2.24. The number of carboxylic acids is 1. The maximum absolute atomic E-state index is 10.6. The van der Waals surface area contributed by atoms with Crippen molar-refractivity contribution < 1.29 is 9.90 Å². The Morgan fingerprint density at radius 1 is 1.20 bits per heavy atom. The van der Waals surface area contributed by atoms with Gasteiger partial charge in [0.05, 0.1) is 0 Å². The Kier molecular flexibility index (Phi) is 6.21. The van der Waals surface area contributed by atoms with Crippen molar-refractivity contribution in [2.45, 2.75) is 53.5 Å². The van der Waals surface area contributed by atoms with Crippen molar-refractivity contribution >= 4 is 5.97 Å². The molecule has 0 radical (unpaired) electrons. The Labute approximate surface area is 122 Å². The van der Waals surface area contributed by atoms with Crippen LogP contribution in [0.5, 0.6) is 0 Å². The van der Waals surface area contributed by atoms with Gasteiger partial charge in [0.2, 0.25) is 0 Å². The molecule has 0 saturated carbocycles. The summed E-state index contributed by atoms with van der Waals surface area (Å²) in [6.45, 7) is 10.3. The third-order valence-electron chi connectivity index (χ3n) is 3.89. The molecule has 0 atom stereocenters. The molecule has 3 nitrogen and oxygen atoms in total. The maximum atomic E-state index is 10.6. The highest BCUT2D eigenvalue weighted by molar-refractivity contribution is 5.66. The van der Waals surface area contributed by atoms with Crippen LogP contribution in [0.4, 0.5) is 0 Å². The molecule has 0 saturated heterocycles. The molecule has 0 aliphatic heterocycles. The third kappa shape index (κ3) is 6.20. The molecule has 0 unspecified atom stereocenters. The molecule has 0 aromatic heterocycles. The number of aryl methyl sites for hydroxylation is 2. The van der Waals surface area contributed by atoms with E-state index in [-0.39, 0.29) is 11.8 Å². The Morgan fingerprint density at radius 2 is 1.90 bits per heavy atom. The molecule has 0 aliphatic carbocycles. The summed E-state index contributed by atoms with van der Waals surface area (Å²) in [7, 11) is 0. The Morgan fingerprint density at radius 3 is 2.50 bits per heavy atom. The SMILES string of the molecule is Cc1ccc(CNCCC(C)(C)CCC(=O)O)cc1C. The fourth-order valence-electron chi connectivity index (χ4n) is 2.14. The smallest absolute Gasteiger partial charge is 0.303 e. The van der Waals surface area contributed by atoms with Crippen molar-refractivity contribution in [1.82, 2.24) is 5.32 Å². The molecule has 0 bridgehead atoms. The summed E-state index contributed by atoms with van der Waals surface area (Å²) in [5.41, 5.74) is 4.03. The lowest BCUT2D eigenvalue weighted by molar-refractivity contribution is -0.137. The molecule has 1 aromatic rings. The van der Waals surface area contributed by atoms with E-state index in [2.05, 4.69) is 51.2 Å². The number of nitrogens with one attached hydrogen (secondary N) is 1. The summed E-state index contributed by atoms with van der Waals surface area (Å²) in [5, 5.41) is 12.2. The summed E-state index contributed by atoms with van der Waals surface area (Å²) < 4.78 is 0. The summed E-state index contributed by atoms with van der Waals surface area (Å²) in [5.74, 6) is -0.707. The Bertz CT molecular complexity index is 452. The van der Waals surface area contributed by atoms with Gasteiger partial charge in [-0.1, -0.05) is 32.0 Å². The molecule has 3 heteroatoms. The van der Waals surface area contributed by atoms with Crippen molar-refractivity contribution in [3.05, 3.63) is 34.9 Å². The largest absolute Gasteiger partial charge is 0.481 e. The van der Waals surface area contributed by atoms with Gasteiger partial charge >= 0.3 is 5.97 Å². The number of hydrogen-bond donors (Lipinski definition) is 2. The van der Waals surface area contributed by atoms with Crippen molar-refractivity contribution in [2.75, 3.05) is 6.54 Å². The molecular formula is C17H27NO2. The van der Waals surface area contributed by atoms with Crippen molar-refractivity contribution in [1.29, 1.82) is 0 Å². The minimum Gasteiger partial charge on any atom is -0.481 e. The van der Waals surface area contributed by atoms with E-state index in [0.717, 1.165) is 25.9 Å². The van der Waals surface area contributed by atoms with Crippen molar-refractivity contribution in [3.8, 4) is 0 Å². The van der Waals surface area contributed by atoms with Gasteiger partial charge in [0.25, 0.3) is 0 Å². The minimum atomic E-state index is -0.707. The number of rotatable bonds is 8. The highest BCUT2D eigenvalue weighted by Crippen LogP contribution is 2.26. The van der Waals surface area contributed by atoms with Crippen LogP contribution in [0.1, 0.15) is 49.8 Å². The quantitative estimate of drug-likeness (QED) is 0.713. The second kappa shape index (κ2) is 7.44. The second-order valence-corrected chi connectivity index (χ2v) is 6.40. The van der Waals surface area contributed by atoms with Gasteiger partial charge in [-0.15, -0.1) is 0 Å². The molecule has 1 rings (SSSR count). The summed E-state index contributed by atoms with van der Waals surface area (Å²) in [6.07, 6.45) is 1.98. The van der Waals surface area contributed by atoms with Gasteiger partial charge in [0.15, 0.2) is 0 Å². The van der Waals surface area contributed by atoms with Crippen LogP contribution in [-0.4, -0.2) is 17.6 Å². The average Bonchev–Trinajstić information content (AvgIpc) is 2.37. The van der Waals surface area contributed by atoms with Gasteiger partial charge in [0.1, 0.15) is 0 Å². The van der Waals surface area contributed by atoms with Gasteiger partial charge in [-0.25, -0.2) is 0 Å².